The lowest BCUT2D eigenvalue weighted by atomic mass is 10.1. The highest BCUT2D eigenvalue weighted by molar-refractivity contribution is 6.02. The molecule has 7 heteroatoms. The molecule has 2 amide bonds. The number of nitrogens with zero attached hydrogens (tertiary/aromatic N) is 1. The van der Waals surface area contributed by atoms with Crippen molar-refractivity contribution in [3.05, 3.63) is 70.9 Å². The van der Waals surface area contributed by atoms with Gasteiger partial charge in [0.1, 0.15) is 11.7 Å². The lowest BCUT2D eigenvalue weighted by Crippen LogP contribution is -2.46. The Hall–Kier alpha value is -3.16. The Bertz CT molecular complexity index is 1210. The number of aryl methyl sites for hydroxylation is 1. The molecule has 1 unspecified atom stereocenters. The van der Waals surface area contributed by atoms with E-state index < -0.39 is 6.04 Å². The lowest BCUT2D eigenvalue weighted by molar-refractivity contribution is -0.123. The molecule has 1 aromatic heterocycles. The molecule has 36 heavy (non-hydrogen) atoms. The minimum atomic E-state index is -0.548. The summed E-state index contributed by atoms with van der Waals surface area (Å²) >= 11 is 0. The van der Waals surface area contributed by atoms with Gasteiger partial charge in [-0.3, -0.25) is 14.5 Å². The number of aromatic amines is 1. The van der Waals surface area contributed by atoms with Gasteiger partial charge in [-0.05, 0) is 48.4 Å². The van der Waals surface area contributed by atoms with Crippen LogP contribution in [0.15, 0.2) is 48.5 Å². The van der Waals surface area contributed by atoms with Gasteiger partial charge in [0.15, 0.2) is 0 Å². The van der Waals surface area contributed by atoms with Crippen LogP contribution >= 0.6 is 0 Å². The normalized spacial score (nSPS) is 17.1. The molecule has 1 atom stereocenters. The molecule has 1 saturated carbocycles. The Morgan fingerprint density at radius 2 is 1.83 bits per heavy atom. The van der Waals surface area contributed by atoms with Gasteiger partial charge >= 0.3 is 0 Å². The minimum absolute atomic E-state index is 0.120. The summed E-state index contributed by atoms with van der Waals surface area (Å²) in [5, 5.41) is 10.5. The van der Waals surface area contributed by atoms with E-state index in [1.807, 2.05) is 37.3 Å². The zero-order valence-corrected chi connectivity index (χ0v) is 21.1. The first-order valence-corrected chi connectivity index (χ1v) is 13.2. The van der Waals surface area contributed by atoms with E-state index in [1.54, 1.807) is 0 Å². The second-order valence-corrected chi connectivity index (χ2v) is 10.3. The number of para-hydroxylation sites is 1. The molecule has 5 rings (SSSR count). The van der Waals surface area contributed by atoms with E-state index in [2.05, 4.69) is 44.0 Å². The van der Waals surface area contributed by atoms with Gasteiger partial charge in [-0.25, -0.2) is 0 Å². The maximum Gasteiger partial charge on any atom is 0.268 e. The van der Waals surface area contributed by atoms with Gasteiger partial charge in [0.05, 0.1) is 0 Å². The number of rotatable bonds is 10. The van der Waals surface area contributed by atoms with E-state index in [1.165, 1.54) is 18.4 Å². The number of hydrogen-bond acceptors (Lipinski definition) is 4. The van der Waals surface area contributed by atoms with Crippen LogP contribution in [0.3, 0.4) is 0 Å². The molecule has 0 spiro atoms. The molecule has 2 heterocycles. The highest BCUT2D eigenvalue weighted by atomic mass is 16.2. The van der Waals surface area contributed by atoms with Gasteiger partial charge in [-0.2, -0.15) is 0 Å². The molecular formula is C29H37N5O2. The fraction of sp³-hybridized carbons (Fsp3) is 0.448. The third kappa shape index (κ3) is 6.15. The lowest BCUT2D eigenvalue weighted by Gasteiger charge is -2.27. The number of H-pyrrole nitrogens is 1. The first-order valence-electron chi connectivity index (χ1n) is 13.2. The van der Waals surface area contributed by atoms with Gasteiger partial charge in [-0.1, -0.05) is 55.3 Å². The maximum absolute atomic E-state index is 13.2. The quantitative estimate of drug-likeness (QED) is 0.353. The van der Waals surface area contributed by atoms with Gasteiger partial charge in [0, 0.05) is 50.2 Å². The zero-order valence-electron chi connectivity index (χ0n) is 21.1. The molecule has 3 aromatic rings. The number of amides is 2. The summed E-state index contributed by atoms with van der Waals surface area (Å²) in [7, 11) is 0. The summed E-state index contributed by atoms with van der Waals surface area (Å²) < 4.78 is 0. The Labute approximate surface area is 213 Å². The second-order valence-electron chi connectivity index (χ2n) is 10.3. The third-order valence-electron chi connectivity index (χ3n) is 7.45. The van der Waals surface area contributed by atoms with Crippen LogP contribution in [-0.4, -0.2) is 53.9 Å². The van der Waals surface area contributed by atoms with Crippen molar-refractivity contribution in [2.45, 2.75) is 51.7 Å². The number of benzene rings is 2. The molecule has 1 aliphatic carbocycles. The van der Waals surface area contributed by atoms with Crippen LogP contribution in [-0.2, 0) is 17.9 Å². The third-order valence-corrected chi connectivity index (χ3v) is 7.45. The van der Waals surface area contributed by atoms with E-state index in [-0.39, 0.29) is 11.8 Å². The van der Waals surface area contributed by atoms with Gasteiger partial charge in [0.25, 0.3) is 5.91 Å². The van der Waals surface area contributed by atoms with Crippen molar-refractivity contribution in [3.63, 3.8) is 0 Å². The topological polar surface area (TPSA) is 89.3 Å². The van der Waals surface area contributed by atoms with Crippen molar-refractivity contribution in [2.75, 3.05) is 26.2 Å². The van der Waals surface area contributed by atoms with E-state index >= 15 is 0 Å². The SMILES string of the molecule is Cc1c(C(=O)NC(CCC2CC2)C(=O)NCc2cccc(CN3CCNCC3)c2)[nH]c2ccccc12. The molecule has 2 aromatic carbocycles. The van der Waals surface area contributed by atoms with Crippen molar-refractivity contribution in [3.8, 4) is 0 Å². The standard InChI is InChI=1S/C29H37N5O2/c1-20-24-7-2-3-8-25(24)32-27(20)29(36)33-26(12-11-21-9-10-21)28(35)31-18-22-5-4-6-23(17-22)19-34-15-13-30-14-16-34/h2-8,17,21,26,30,32H,9-16,18-19H2,1H3,(H,31,35)(H,33,36). The van der Waals surface area contributed by atoms with E-state index in [0.29, 0.717) is 24.6 Å². The average molecular weight is 488 g/mol. The average Bonchev–Trinajstić information content (AvgIpc) is 3.67. The van der Waals surface area contributed by atoms with Crippen molar-refractivity contribution in [2.24, 2.45) is 5.92 Å². The predicted octanol–water partition coefficient (Wildman–Crippen LogP) is 3.49. The summed E-state index contributed by atoms with van der Waals surface area (Å²) in [6.45, 7) is 7.49. The number of carbonyl (C=O) groups is 2. The largest absolute Gasteiger partial charge is 0.350 e. The monoisotopic (exact) mass is 487 g/mol. The molecule has 1 aliphatic heterocycles. The number of piperazine rings is 1. The highest BCUT2D eigenvalue weighted by Crippen LogP contribution is 2.34. The first-order chi connectivity index (χ1) is 17.6. The van der Waals surface area contributed by atoms with Crippen molar-refractivity contribution < 1.29 is 9.59 Å². The fourth-order valence-electron chi connectivity index (χ4n) is 5.10. The van der Waals surface area contributed by atoms with Crippen molar-refractivity contribution in [1.29, 1.82) is 0 Å². The summed E-state index contributed by atoms with van der Waals surface area (Å²) in [5.74, 6) is 0.344. The van der Waals surface area contributed by atoms with E-state index in [4.69, 9.17) is 0 Å². The summed E-state index contributed by atoms with van der Waals surface area (Å²) in [5.41, 5.74) is 4.71. The molecule has 0 radical (unpaired) electrons. The van der Waals surface area contributed by atoms with Crippen LogP contribution in [0.25, 0.3) is 10.9 Å². The number of nitrogens with one attached hydrogen (secondary N) is 4. The molecule has 4 N–H and O–H groups in total. The van der Waals surface area contributed by atoms with Gasteiger partial charge < -0.3 is 20.9 Å². The second kappa shape index (κ2) is 11.3. The minimum Gasteiger partial charge on any atom is -0.350 e. The number of carbonyl (C=O) groups excluding carboxylic acids is 2. The molecule has 2 fully saturated rings. The van der Waals surface area contributed by atoms with Gasteiger partial charge in [-0.15, -0.1) is 0 Å². The van der Waals surface area contributed by atoms with Crippen LogP contribution in [0.2, 0.25) is 0 Å². The zero-order chi connectivity index (χ0) is 24.9. The summed E-state index contributed by atoms with van der Waals surface area (Å²) in [6.07, 6.45) is 4.07. The van der Waals surface area contributed by atoms with Crippen LogP contribution < -0.4 is 16.0 Å². The Balaban J connectivity index is 1.22. The molecule has 190 valence electrons. The Morgan fingerprint density at radius 1 is 1.06 bits per heavy atom. The number of hydrogen-bond donors (Lipinski definition) is 4. The maximum atomic E-state index is 13.2. The number of fused-ring (bicyclic) bond motifs is 1. The van der Waals surface area contributed by atoms with Crippen LogP contribution in [0.1, 0.15) is 52.9 Å². The number of aromatic nitrogens is 1. The first kappa shape index (κ1) is 24.5. The smallest absolute Gasteiger partial charge is 0.268 e. The fourth-order valence-corrected chi connectivity index (χ4v) is 5.10. The van der Waals surface area contributed by atoms with Crippen LogP contribution in [0.4, 0.5) is 0 Å². The van der Waals surface area contributed by atoms with Crippen molar-refractivity contribution in [1.82, 2.24) is 25.8 Å². The Morgan fingerprint density at radius 3 is 2.61 bits per heavy atom. The molecule has 2 aliphatic rings. The van der Waals surface area contributed by atoms with E-state index in [0.717, 1.165) is 61.2 Å². The molecule has 7 nitrogen and oxygen atoms in total. The molecular weight excluding hydrogens is 450 g/mol. The Kier molecular flexibility index (Phi) is 7.68. The van der Waals surface area contributed by atoms with E-state index in [9.17, 15) is 9.59 Å². The van der Waals surface area contributed by atoms with Crippen LogP contribution in [0, 0.1) is 12.8 Å². The summed E-state index contributed by atoms with van der Waals surface area (Å²) in [6, 6.07) is 15.8. The predicted molar refractivity (Wildman–Crippen MR) is 143 cm³/mol. The molecule has 0 bridgehead atoms. The summed E-state index contributed by atoms with van der Waals surface area (Å²) in [4.78, 5) is 32.1. The van der Waals surface area contributed by atoms with Crippen molar-refractivity contribution >= 4 is 22.7 Å². The molecule has 1 saturated heterocycles. The highest BCUT2D eigenvalue weighted by Gasteiger charge is 2.27. The van der Waals surface area contributed by atoms with Crippen LogP contribution in [0.5, 0.6) is 0 Å². The van der Waals surface area contributed by atoms with Gasteiger partial charge in [0.2, 0.25) is 5.91 Å².